The second-order valence-electron chi connectivity index (χ2n) is 15.1. The number of halogens is 2. The molecule has 0 amide bonds. The highest BCUT2D eigenvalue weighted by Crippen LogP contribution is 2.34. The molecule has 2 saturated heterocycles. The number of methoxy groups -OCH3 is 2. The monoisotopic (exact) mass is 918 g/mol. The molecule has 2 aliphatic rings. The maximum Gasteiger partial charge on any atom is 0.309 e. The van der Waals surface area contributed by atoms with Crippen molar-refractivity contribution in [3.63, 3.8) is 0 Å². The molecule has 2 aliphatic heterocycles. The minimum atomic E-state index is -0.254. The van der Waals surface area contributed by atoms with Gasteiger partial charge in [-0.1, -0.05) is 77.1 Å². The van der Waals surface area contributed by atoms with Crippen molar-refractivity contribution < 1.29 is 28.5 Å². The molecule has 16 heteroatoms. The number of benzene rings is 4. The molecule has 1 N–H and O–H groups in total. The molecule has 2 fully saturated rings. The number of hydrogen-bond acceptors (Lipinski definition) is 14. The van der Waals surface area contributed by atoms with Gasteiger partial charge in [0.25, 0.3) is 0 Å². The SMILES string of the molecule is CCN(CCOc1cccc(CC(=O)OC)c1)C1CCN(c2nc3ccc(Cl)cc3s2)C1.COC(=O)Cc1cccc(OCCNC2CCN(c3nc4ccc(Cl)cc4s3)C2)c1. The van der Waals surface area contributed by atoms with Gasteiger partial charge in [-0.05, 0) is 91.2 Å². The molecule has 4 aromatic carbocycles. The van der Waals surface area contributed by atoms with E-state index in [1.165, 1.54) is 14.2 Å². The second-order valence-corrected chi connectivity index (χ2v) is 18.0. The summed E-state index contributed by atoms with van der Waals surface area (Å²) in [6.45, 7) is 9.84. The first-order valence-corrected chi connectivity index (χ1v) is 23.2. The van der Waals surface area contributed by atoms with Crippen LogP contribution in [0.4, 0.5) is 10.3 Å². The Balaban J connectivity index is 0.000000187. The summed E-state index contributed by atoms with van der Waals surface area (Å²) in [5.41, 5.74) is 3.78. The molecule has 4 heterocycles. The summed E-state index contributed by atoms with van der Waals surface area (Å²) in [4.78, 5) is 39.6. The molecule has 12 nitrogen and oxygen atoms in total. The molecular weight excluding hydrogens is 868 g/mol. The van der Waals surface area contributed by atoms with E-state index in [-0.39, 0.29) is 24.8 Å². The largest absolute Gasteiger partial charge is 0.492 e. The number of nitrogens with one attached hydrogen (secondary N) is 1. The fourth-order valence-corrected chi connectivity index (χ4v) is 10.2. The van der Waals surface area contributed by atoms with Crippen LogP contribution in [0, 0.1) is 0 Å². The lowest BCUT2D eigenvalue weighted by Gasteiger charge is -2.27. The third kappa shape index (κ3) is 12.5. The standard InChI is InChI=1S/C24H28ClN3O3S.C22H24ClN3O3S/c1-3-27(11-12-31-20-6-4-5-17(13-20)14-23(29)30-2)19-9-10-28(16-19)24-26-21-8-7-18(25)15-22(21)32-24;1-28-21(27)12-15-3-2-4-18(11-15)29-10-8-24-17-7-9-26(14-17)22-25-19-6-5-16(23)13-20(19)30-22/h4-8,13,15,19H,3,9-12,14,16H2,1-2H3;2-6,11,13,17,24H,7-10,12,14H2,1H3. The average molecular weight is 920 g/mol. The fraction of sp³-hybridized carbons (Fsp3) is 0.391. The molecule has 2 atom stereocenters. The summed E-state index contributed by atoms with van der Waals surface area (Å²) in [6.07, 6.45) is 2.69. The zero-order valence-electron chi connectivity index (χ0n) is 35.2. The van der Waals surface area contributed by atoms with Crippen molar-refractivity contribution in [3.8, 4) is 11.5 Å². The first kappa shape index (κ1) is 45.3. The summed E-state index contributed by atoms with van der Waals surface area (Å²) in [6, 6.07) is 27.8. The summed E-state index contributed by atoms with van der Waals surface area (Å²) in [7, 11) is 2.80. The number of carbonyl (C=O) groups is 2. The van der Waals surface area contributed by atoms with Crippen molar-refractivity contribution in [2.24, 2.45) is 0 Å². The van der Waals surface area contributed by atoms with Gasteiger partial charge < -0.3 is 34.1 Å². The van der Waals surface area contributed by atoms with E-state index in [2.05, 4.69) is 26.9 Å². The van der Waals surface area contributed by atoms with Crippen LogP contribution in [0.15, 0.2) is 84.9 Å². The van der Waals surface area contributed by atoms with E-state index in [9.17, 15) is 9.59 Å². The van der Waals surface area contributed by atoms with Crippen LogP contribution in [0.25, 0.3) is 20.4 Å². The lowest BCUT2D eigenvalue weighted by atomic mass is 10.1. The third-order valence-corrected chi connectivity index (χ3v) is 13.5. The predicted molar refractivity (Wildman–Crippen MR) is 251 cm³/mol. The quantitative estimate of drug-likeness (QED) is 0.0698. The van der Waals surface area contributed by atoms with E-state index in [1.54, 1.807) is 22.7 Å². The lowest BCUT2D eigenvalue weighted by Crippen LogP contribution is -2.40. The van der Waals surface area contributed by atoms with Gasteiger partial charge >= 0.3 is 11.9 Å². The van der Waals surface area contributed by atoms with Crippen molar-refractivity contribution in [3.05, 3.63) is 106 Å². The molecule has 2 unspecified atom stereocenters. The Morgan fingerprint density at radius 2 is 1.29 bits per heavy atom. The van der Waals surface area contributed by atoms with E-state index in [0.29, 0.717) is 25.3 Å². The van der Waals surface area contributed by atoms with E-state index >= 15 is 0 Å². The first-order chi connectivity index (χ1) is 30.2. The van der Waals surface area contributed by atoms with Crippen molar-refractivity contribution >= 4 is 88.5 Å². The molecule has 6 aromatic rings. The van der Waals surface area contributed by atoms with Crippen LogP contribution < -0.4 is 24.6 Å². The van der Waals surface area contributed by atoms with Gasteiger partial charge in [0, 0.05) is 61.4 Å². The van der Waals surface area contributed by atoms with Crippen LogP contribution in [-0.2, 0) is 31.9 Å². The maximum atomic E-state index is 11.5. The molecule has 0 radical (unpaired) electrons. The van der Waals surface area contributed by atoms with Crippen molar-refractivity contribution in [1.82, 2.24) is 20.2 Å². The number of hydrogen-bond donors (Lipinski definition) is 1. The summed E-state index contributed by atoms with van der Waals surface area (Å²) < 4.78 is 23.5. The van der Waals surface area contributed by atoms with E-state index < -0.39 is 0 Å². The smallest absolute Gasteiger partial charge is 0.309 e. The number of fused-ring (bicyclic) bond motifs is 2. The van der Waals surface area contributed by atoms with E-state index in [4.69, 9.17) is 52.1 Å². The average Bonchev–Trinajstić information content (AvgIpc) is 4.11. The number of aromatic nitrogens is 2. The van der Waals surface area contributed by atoms with Crippen molar-refractivity contribution in [2.75, 3.05) is 83.0 Å². The van der Waals surface area contributed by atoms with Crippen LogP contribution in [-0.4, -0.2) is 112 Å². The van der Waals surface area contributed by atoms with Gasteiger partial charge in [0.05, 0.1) is 47.5 Å². The minimum absolute atomic E-state index is 0.249. The number of thiazole rings is 2. The lowest BCUT2D eigenvalue weighted by molar-refractivity contribution is -0.140. The van der Waals surface area contributed by atoms with Gasteiger partial charge in [0.2, 0.25) is 0 Å². The maximum absolute atomic E-state index is 11.5. The molecule has 328 valence electrons. The van der Waals surface area contributed by atoms with Gasteiger partial charge in [-0.3, -0.25) is 14.5 Å². The summed E-state index contributed by atoms with van der Waals surface area (Å²) >= 11 is 15.6. The van der Waals surface area contributed by atoms with Crippen LogP contribution in [0.5, 0.6) is 11.5 Å². The van der Waals surface area contributed by atoms with Crippen LogP contribution in [0.2, 0.25) is 10.0 Å². The normalized spacial score (nSPS) is 16.2. The molecule has 0 aliphatic carbocycles. The van der Waals surface area contributed by atoms with Gasteiger partial charge in [-0.2, -0.15) is 0 Å². The zero-order valence-corrected chi connectivity index (χ0v) is 38.3. The van der Waals surface area contributed by atoms with Crippen LogP contribution in [0.3, 0.4) is 0 Å². The van der Waals surface area contributed by atoms with Gasteiger partial charge in [-0.25, -0.2) is 9.97 Å². The highest BCUT2D eigenvalue weighted by molar-refractivity contribution is 7.22. The number of nitrogens with zero attached hydrogens (tertiary/aromatic N) is 5. The van der Waals surface area contributed by atoms with Crippen molar-refractivity contribution in [2.45, 2.75) is 44.7 Å². The third-order valence-electron chi connectivity index (χ3n) is 10.9. The number of rotatable bonds is 17. The number of anilines is 2. The summed E-state index contributed by atoms with van der Waals surface area (Å²) in [5.74, 6) is 1.04. The van der Waals surface area contributed by atoms with Gasteiger partial charge in [0.15, 0.2) is 10.3 Å². The molecular formula is C46H52Cl2N6O6S2. The highest BCUT2D eigenvalue weighted by Gasteiger charge is 2.29. The van der Waals surface area contributed by atoms with E-state index in [1.807, 2.05) is 84.9 Å². The van der Waals surface area contributed by atoms with Crippen LogP contribution >= 0.6 is 45.9 Å². The zero-order chi connectivity index (χ0) is 43.4. The number of likely N-dealkylation sites (N-methyl/N-ethyl adjacent to an activating group) is 1. The predicted octanol–water partition coefficient (Wildman–Crippen LogP) is 8.56. The molecule has 2 aromatic heterocycles. The molecule has 0 spiro atoms. The fourth-order valence-electron chi connectivity index (χ4n) is 7.64. The Morgan fingerprint density at radius 3 is 1.85 bits per heavy atom. The van der Waals surface area contributed by atoms with Crippen molar-refractivity contribution in [1.29, 1.82) is 0 Å². The van der Waals surface area contributed by atoms with Crippen LogP contribution in [0.1, 0.15) is 30.9 Å². The Morgan fingerprint density at radius 1 is 0.742 bits per heavy atom. The Labute approximate surface area is 380 Å². The molecule has 0 bridgehead atoms. The first-order valence-electron chi connectivity index (χ1n) is 20.8. The highest BCUT2D eigenvalue weighted by atomic mass is 35.5. The second kappa shape index (κ2) is 22.1. The molecule has 8 rings (SSSR count). The van der Waals surface area contributed by atoms with E-state index in [0.717, 1.165) is 122 Å². The Hall–Kier alpha value is -4.70. The topological polar surface area (TPSA) is 119 Å². The molecule has 0 saturated carbocycles. The number of esters is 2. The Bertz CT molecular complexity index is 2430. The number of ether oxygens (including phenoxy) is 4. The van der Waals surface area contributed by atoms with Gasteiger partial charge in [-0.15, -0.1) is 0 Å². The Kier molecular flexibility index (Phi) is 16.1. The van der Waals surface area contributed by atoms with Gasteiger partial charge in [0.1, 0.15) is 24.7 Å². The number of carbonyl (C=O) groups excluding carboxylic acids is 2. The summed E-state index contributed by atoms with van der Waals surface area (Å²) in [5, 5.41) is 7.18. The molecule has 62 heavy (non-hydrogen) atoms. The minimum Gasteiger partial charge on any atom is -0.492 e.